The molecule has 1 aliphatic carbocycles. The molecular formula is C25H24ClN3O3. The minimum atomic E-state index is -1.32. The van der Waals surface area contributed by atoms with E-state index < -0.39 is 12.0 Å². The molecule has 0 radical (unpaired) electrons. The minimum Gasteiger partial charge on any atom is -0.378 e. The molecule has 1 saturated carbocycles. The van der Waals surface area contributed by atoms with E-state index in [4.69, 9.17) is 16.6 Å². The zero-order valence-electron chi connectivity index (χ0n) is 17.6. The van der Waals surface area contributed by atoms with E-state index >= 15 is 0 Å². The number of hydrogen-bond donors (Lipinski definition) is 2. The quantitative estimate of drug-likeness (QED) is 0.638. The van der Waals surface area contributed by atoms with Crippen LogP contribution in [-0.2, 0) is 23.2 Å². The number of carbonyl (C=O) groups is 1. The number of aliphatic hydroxyl groups is 1. The van der Waals surface area contributed by atoms with E-state index in [1.165, 1.54) is 10.5 Å². The number of carbonyl (C=O) groups excluding carboxylic acids is 1. The minimum absolute atomic E-state index is 0.132. The van der Waals surface area contributed by atoms with Crippen LogP contribution >= 0.6 is 11.6 Å². The molecule has 0 saturated heterocycles. The van der Waals surface area contributed by atoms with Crippen LogP contribution in [0.25, 0.3) is 0 Å². The van der Waals surface area contributed by atoms with Gasteiger partial charge >= 0.3 is 0 Å². The van der Waals surface area contributed by atoms with Crippen LogP contribution in [-0.4, -0.2) is 32.4 Å². The maximum absolute atomic E-state index is 13.0. The van der Waals surface area contributed by atoms with Gasteiger partial charge < -0.3 is 15.0 Å². The molecule has 0 spiro atoms. The fourth-order valence-corrected chi connectivity index (χ4v) is 4.98. The summed E-state index contributed by atoms with van der Waals surface area (Å²) in [5, 5.41) is 11.0. The highest BCUT2D eigenvalue weighted by atomic mass is 35.5. The van der Waals surface area contributed by atoms with E-state index in [9.17, 15) is 14.7 Å². The van der Waals surface area contributed by atoms with Gasteiger partial charge in [0.2, 0.25) is 0 Å². The fourth-order valence-electron chi connectivity index (χ4n) is 4.78. The monoisotopic (exact) mass is 449 g/mol. The molecule has 0 bridgehead atoms. The molecule has 1 fully saturated rings. The molecule has 1 aliphatic heterocycles. The highest BCUT2D eigenvalue weighted by Crippen LogP contribution is 2.47. The van der Waals surface area contributed by atoms with Crippen molar-refractivity contribution in [1.29, 1.82) is 0 Å². The van der Waals surface area contributed by atoms with E-state index in [1.807, 2.05) is 18.2 Å². The topological polar surface area (TPSA) is 86.3 Å². The Hall–Kier alpha value is -2.96. The Labute approximate surface area is 190 Å². The number of nitrogens with zero attached hydrogens (tertiary/aromatic N) is 2. The molecule has 1 atom stereocenters. The molecule has 1 aromatic heterocycles. The van der Waals surface area contributed by atoms with Crippen LogP contribution in [0.4, 0.5) is 0 Å². The van der Waals surface area contributed by atoms with Crippen LogP contribution in [0.1, 0.15) is 53.6 Å². The van der Waals surface area contributed by atoms with Gasteiger partial charge in [0.05, 0.1) is 23.2 Å². The molecule has 2 aliphatic rings. The normalized spacial score (nSPS) is 17.9. The van der Waals surface area contributed by atoms with Crippen molar-refractivity contribution in [3.8, 4) is 0 Å². The van der Waals surface area contributed by atoms with Crippen molar-refractivity contribution in [3.63, 3.8) is 0 Å². The smallest absolute Gasteiger partial charge is 0.256 e. The van der Waals surface area contributed by atoms with Crippen molar-refractivity contribution in [2.75, 3.05) is 6.54 Å². The molecule has 5 rings (SSSR count). The van der Waals surface area contributed by atoms with Gasteiger partial charge in [-0.25, -0.2) is 4.98 Å². The SMILES string of the molecule is O=C([C@H](O)c1cccc(Cl)c1)N1CCc2nc(C3(c4ccccc4)CCC3)[nH]c(=O)c2C1. The Morgan fingerprint density at radius 1 is 1.16 bits per heavy atom. The Morgan fingerprint density at radius 3 is 2.62 bits per heavy atom. The van der Waals surface area contributed by atoms with Gasteiger partial charge in [0.1, 0.15) is 5.82 Å². The third-order valence-corrected chi connectivity index (χ3v) is 7.00. The highest BCUT2D eigenvalue weighted by Gasteiger charge is 2.43. The second kappa shape index (κ2) is 8.19. The van der Waals surface area contributed by atoms with Gasteiger partial charge in [-0.05, 0) is 36.1 Å². The third-order valence-electron chi connectivity index (χ3n) is 6.77. The molecule has 0 unspecified atom stereocenters. The standard InChI is InChI=1S/C25H24ClN3O3/c26-18-9-4-6-16(14-18)21(30)23(32)29-13-10-20-19(15-29)22(31)28-24(27-20)25(11-5-12-25)17-7-2-1-3-8-17/h1-4,6-9,14,21,30H,5,10-13,15H2,(H,27,28,31)/t21-/m1/s1. The number of hydrogen-bond acceptors (Lipinski definition) is 4. The van der Waals surface area contributed by atoms with Crippen LogP contribution in [0.15, 0.2) is 59.4 Å². The molecule has 7 heteroatoms. The first-order chi connectivity index (χ1) is 15.5. The Morgan fingerprint density at radius 2 is 1.94 bits per heavy atom. The summed E-state index contributed by atoms with van der Waals surface area (Å²) in [5.41, 5.74) is 2.39. The summed E-state index contributed by atoms with van der Waals surface area (Å²) in [6, 6.07) is 16.8. The lowest BCUT2D eigenvalue weighted by atomic mass is 9.64. The largest absolute Gasteiger partial charge is 0.378 e. The van der Waals surface area contributed by atoms with Gasteiger partial charge in [0.15, 0.2) is 6.10 Å². The molecule has 3 aromatic rings. The molecule has 2 aromatic carbocycles. The van der Waals surface area contributed by atoms with Crippen LogP contribution in [0.3, 0.4) is 0 Å². The number of aromatic nitrogens is 2. The van der Waals surface area contributed by atoms with Gasteiger partial charge in [-0.3, -0.25) is 9.59 Å². The van der Waals surface area contributed by atoms with Crippen molar-refractivity contribution in [2.45, 2.75) is 43.7 Å². The van der Waals surface area contributed by atoms with Gasteiger partial charge in [0, 0.05) is 18.0 Å². The zero-order chi connectivity index (χ0) is 22.3. The lowest BCUT2D eigenvalue weighted by Gasteiger charge is -2.42. The zero-order valence-corrected chi connectivity index (χ0v) is 18.3. The van der Waals surface area contributed by atoms with Crippen LogP contribution in [0.2, 0.25) is 5.02 Å². The number of aromatic amines is 1. The summed E-state index contributed by atoms with van der Waals surface area (Å²) in [5.74, 6) is 0.276. The van der Waals surface area contributed by atoms with Crippen molar-refractivity contribution < 1.29 is 9.90 Å². The van der Waals surface area contributed by atoms with E-state index in [2.05, 4.69) is 17.1 Å². The number of aliphatic hydroxyl groups excluding tert-OH is 1. The summed E-state index contributed by atoms with van der Waals surface area (Å²) >= 11 is 5.99. The van der Waals surface area contributed by atoms with Gasteiger partial charge in [0.25, 0.3) is 11.5 Å². The number of fused-ring (bicyclic) bond motifs is 1. The lowest BCUT2D eigenvalue weighted by Crippen LogP contribution is -2.44. The van der Waals surface area contributed by atoms with Crippen molar-refractivity contribution in [1.82, 2.24) is 14.9 Å². The maximum Gasteiger partial charge on any atom is 0.256 e. The summed E-state index contributed by atoms with van der Waals surface area (Å²) in [6.07, 6.45) is 2.16. The summed E-state index contributed by atoms with van der Waals surface area (Å²) in [4.78, 5) is 35.4. The second-order valence-corrected chi connectivity index (χ2v) is 9.05. The van der Waals surface area contributed by atoms with Crippen molar-refractivity contribution in [3.05, 3.63) is 98.2 Å². The molecular weight excluding hydrogens is 426 g/mol. The Balaban J connectivity index is 1.42. The molecule has 2 heterocycles. The first-order valence-corrected chi connectivity index (χ1v) is 11.3. The number of benzene rings is 2. The molecule has 6 nitrogen and oxygen atoms in total. The number of amides is 1. The van der Waals surface area contributed by atoms with Crippen LogP contribution in [0.5, 0.6) is 0 Å². The number of nitrogens with one attached hydrogen (secondary N) is 1. The third kappa shape index (κ3) is 3.53. The summed E-state index contributed by atoms with van der Waals surface area (Å²) in [6.45, 7) is 0.532. The first kappa shape index (κ1) is 20.9. The number of H-pyrrole nitrogens is 1. The van der Waals surface area contributed by atoms with E-state index in [1.54, 1.807) is 24.3 Å². The maximum atomic E-state index is 13.0. The summed E-state index contributed by atoms with van der Waals surface area (Å²) in [7, 11) is 0. The van der Waals surface area contributed by atoms with E-state index in [0.29, 0.717) is 29.1 Å². The van der Waals surface area contributed by atoms with Gasteiger partial charge in [-0.1, -0.05) is 60.5 Å². The van der Waals surface area contributed by atoms with E-state index in [0.717, 1.165) is 30.8 Å². The predicted molar refractivity (Wildman–Crippen MR) is 121 cm³/mol. The molecule has 1 amide bonds. The first-order valence-electron chi connectivity index (χ1n) is 10.9. The fraction of sp³-hybridized carbons (Fsp3) is 0.320. The molecule has 164 valence electrons. The van der Waals surface area contributed by atoms with Crippen molar-refractivity contribution in [2.24, 2.45) is 0 Å². The highest BCUT2D eigenvalue weighted by molar-refractivity contribution is 6.30. The Bertz CT molecular complexity index is 1220. The average Bonchev–Trinajstić information content (AvgIpc) is 2.78. The molecule has 32 heavy (non-hydrogen) atoms. The molecule has 2 N–H and O–H groups in total. The van der Waals surface area contributed by atoms with Gasteiger partial charge in [-0.15, -0.1) is 0 Å². The van der Waals surface area contributed by atoms with Crippen molar-refractivity contribution >= 4 is 17.5 Å². The predicted octanol–water partition coefficient (Wildman–Crippen LogP) is 3.51. The van der Waals surface area contributed by atoms with Crippen LogP contribution in [0, 0.1) is 0 Å². The Kier molecular flexibility index (Phi) is 5.35. The number of halogens is 1. The van der Waals surface area contributed by atoms with E-state index in [-0.39, 0.29) is 17.5 Å². The van der Waals surface area contributed by atoms with Crippen LogP contribution < -0.4 is 5.56 Å². The second-order valence-electron chi connectivity index (χ2n) is 8.61. The average molecular weight is 450 g/mol. The van der Waals surface area contributed by atoms with Gasteiger partial charge in [-0.2, -0.15) is 0 Å². The lowest BCUT2D eigenvalue weighted by molar-refractivity contribution is -0.141. The number of rotatable bonds is 4. The summed E-state index contributed by atoms with van der Waals surface area (Å²) < 4.78 is 0.